The van der Waals surface area contributed by atoms with E-state index in [0.29, 0.717) is 25.9 Å². The number of ether oxygens (including phenoxy) is 3. The predicted molar refractivity (Wildman–Crippen MR) is 253 cm³/mol. The molecule has 336 valence electrons. The molecule has 63 heavy (non-hydrogen) atoms. The Balaban J connectivity index is 0.000000409. The maximum atomic E-state index is 12.0. The normalized spacial score (nSPS) is 11.2. The molecule has 0 heterocycles. The Morgan fingerprint density at radius 1 is 0.714 bits per heavy atom. The molecule has 4 aromatic carbocycles. The van der Waals surface area contributed by atoms with Crippen LogP contribution in [0.1, 0.15) is 84.5 Å². The first-order chi connectivity index (χ1) is 29.7. The molecule has 12 nitrogen and oxygen atoms in total. The number of nitrogen functional groups attached to an aromatic ring is 1. The van der Waals surface area contributed by atoms with E-state index in [1.165, 1.54) is 61.8 Å². The van der Waals surface area contributed by atoms with Crippen molar-refractivity contribution in [2.75, 3.05) is 46.1 Å². The smallest absolute Gasteiger partial charge is 0.465 e. The number of esters is 3. The van der Waals surface area contributed by atoms with E-state index in [2.05, 4.69) is 75.1 Å². The fourth-order valence-electron chi connectivity index (χ4n) is 5.35. The van der Waals surface area contributed by atoms with Crippen molar-refractivity contribution in [3.63, 3.8) is 0 Å². The number of carbonyl (C=O) groups is 5. The number of allylic oxidation sites excluding steroid dienone is 2. The number of alkyl halides is 3. The second-order valence-corrected chi connectivity index (χ2v) is 15.2. The number of rotatable bonds is 6. The molecule has 5 N–H and O–H groups in total. The van der Waals surface area contributed by atoms with Gasteiger partial charge in [0, 0.05) is 25.5 Å². The van der Waals surface area contributed by atoms with Crippen molar-refractivity contribution in [2.24, 2.45) is 0 Å². The van der Waals surface area contributed by atoms with Crippen LogP contribution in [0.15, 0.2) is 83.9 Å². The zero-order chi connectivity index (χ0) is 48.0. The number of aliphatic hydroxyl groups excluding tert-OH is 2. The van der Waals surface area contributed by atoms with Crippen LogP contribution in [0.5, 0.6) is 0 Å². The second-order valence-electron chi connectivity index (χ2n) is 12.9. The van der Waals surface area contributed by atoms with Crippen LogP contribution in [-0.4, -0.2) is 81.0 Å². The van der Waals surface area contributed by atoms with Crippen molar-refractivity contribution in [3.05, 3.63) is 136 Å². The highest BCUT2D eigenvalue weighted by Crippen LogP contribution is 2.27. The number of aliphatic hydroxyl groups is 2. The summed E-state index contributed by atoms with van der Waals surface area (Å²) in [6.07, 6.45) is 5.81. The van der Waals surface area contributed by atoms with Crippen molar-refractivity contribution in [1.29, 1.82) is 0 Å². The van der Waals surface area contributed by atoms with Gasteiger partial charge in [-0.25, -0.2) is 14.4 Å². The number of terminal acetylenes is 1. The van der Waals surface area contributed by atoms with Gasteiger partial charge in [0.15, 0.2) is 5.78 Å². The number of halogens is 5. The molecule has 0 radical (unpaired) electrons. The van der Waals surface area contributed by atoms with Crippen LogP contribution in [0.2, 0.25) is 0 Å². The van der Waals surface area contributed by atoms with Gasteiger partial charge in [-0.15, -0.1) is 12.3 Å². The first kappa shape index (κ1) is 55.5. The summed E-state index contributed by atoms with van der Waals surface area (Å²) in [6, 6.07) is 20.1. The number of carbonyl (C=O) groups excluding carboxylic acids is 5. The van der Waals surface area contributed by atoms with Crippen molar-refractivity contribution in [2.45, 2.75) is 39.8 Å². The topological polar surface area (TPSA) is 192 Å². The summed E-state index contributed by atoms with van der Waals surface area (Å²) in [5, 5.41) is 17.4. The van der Waals surface area contributed by atoms with Crippen LogP contribution >= 0.6 is 45.2 Å². The molecule has 0 saturated heterocycles. The van der Waals surface area contributed by atoms with Gasteiger partial charge in [0.2, 0.25) is 0 Å². The van der Waals surface area contributed by atoms with E-state index in [-0.39, 0.29) is 29.0 Å². The lowest BCUT2D eigenvalue weighted by atomic mass is 10.0. The Labute approximate surface area is 391 Å². The number of fused-ring (bicyclic) bond motifs is 2. The van der Waals surface area contributed by atoms with Crippen molar-refractivity contribution >= 4 is 98.3 Å². The van der Waals surface area contributed by atoms with Crippen LogP contribution in [0, 0.1) is 19.5 Å². The summed E-state index contributed by atoms with van der Waals surface area (Å²) in [6.45, 7) is 5.41. The van der Waals surface area contributed by atoms with E-state index in [0.717, 1.165) is 34.6 Å². The molecule has 0 bridgehead atoms. The van der Waals surface area contributed by atoms with Gasteiger partial charge in [-0.3, -0.25) is 9.59 Å². The first-order valence-corrected chi connectivity index (χ1v) is 20.4. The molecule has 0 aromatic heterocycles. The Hall–Kier alpha value is -5.56. The van der Waals surface area contributed by atoms with Crippen molar-refractivity contribution < 1.29 is 61.6 Å². The lowest BCUT2D eigenvalue weighted by Crippen LogP contribution is -2.30. The monoisotopic (exact) mass is 1100 g/mol. The van der Waals surface area contributed by atoms with Gasteiger partial charge in [-0.1, -0.05) is 41.5 Å². The van der Waals surface area contributed by atoms with Crippen LogP contribution in [0.3, 0.4) is 0 Å². The van der Waals surface area contributed by atoms with Crippen LogP contribution in [0.25, 0.3) is 12.2 Å². The van der Waals surface area contributed by atoms with Crippen molar-refractivity contribution in [3.8, 4) is 12.3 Å². The van der Waals surface area contributed by atoms with Crippen LogP contribution in [0.4, 0.5) is 24.5 Å². The standard InChI is InChI=1S/2C12H12O2.C10H7F3INO3.C8H8INO2.C3H4.CH4O/c1-8-5-9-3-4-10(12(13)14-2)7-11(9)6-8;1-8-4-9-2-3-10(12(14)7-13)6-11(9)5-8;1-18-8(16)5-2-3-7(6(14)4-5)15-9(17)10(11,12)13;1-12-8(11)5-2-3-7(10)6(9)4-5;1-3-2;1-2/h3-4,6-7H,5H2,1-2H3;2-3,5-6,13H,4,7H2,1H3;2-4H,1H3,(H,15,17);2-4H,10H2,1H3;1H,2H3;2H,1H3. The molecule has 0 spiro atoms. The molecule has 2 aliphatic rings. The number of amides is 1. The maximum absolute atomic E-state index is 12.0. The Morgan fingerprint density at radius 2 is 1.10 bits per heavy atom. The first-order valence-electron chi connectivity index (χ1n) is 18.3. The minimum Gasteiger partial charge on any atom is -0.465 e. The zero-order valence-corrected chi connectivity index (χ0v) is 39.7. The Morgan fingerprint density at radius 3 is 1.49 bits per heavy atom. The van der Waals surface area contributed by atoms with Gasteiger partial charge in [-0.2, -0.15) is 13.2 Å². The molecular weight excluding hydrogens is 1050 g/mol. The number of nitrogens with two attached hydrogens (primary N) is 1. The molecule has 2 aliphatic carbocycles. The molecule has 6 rings (SSSR count). The van der Waals surface area contributed by atoms with Gasteiger partial charge in [0.1, 0.15) is 6.61 Å². The molecule has 0 atom stereocenters. The van der Waals surface area contributed by atoms with Crippen molar-refractivity contribution in [1.82, 2.24) is 0 Å². The highest BCUT2D eigenvalue weighted by atomic mass is 127. The number of anilines is 2. The van der Waals surface area contributed by atoms with E-state index >= 15 is 0 Å². The number of hydrogen-bond acceptors (Lipinski definition) is 11. The molecule has 1 amide bonds. The molecule has 0 aliphatic heterocycles. The summed E-state index contributed by atoms with van der Waals surface area (Å²) in [4.78, 5) is 55.4. The number of benzene rings is 4. The number of Topliss-reactive ketones (excluding diaryl/α,β-unsaturated/α-hetero) is 1. The second kappa shape index (κ2) is 27.5. The van der Waals surface area contributed by atoms with Gasteiger partial charge >= 0.3 is 30.0 Å². The SMILES string of the molecule is C#CC.CC1=Cc2cc(C(=O)CO)ccc2C1.CO.COC(=O)c1ccc(N)c(I)c1.COC(=O)c1ccc(NC(=O)C(F)(F)F)c(I)c1.COC(=O)c1ccc2c(c1)C=C(C)C2. The number of methoxy groups -OCH3 is 3. The summed E-state index contributed by atoms with van der Waals surface area (Å²) < 4.78 is 50.9. The maximum Gasteiger partial charge on any atom is 0.471 e. The van der Waals surface area contributed by atoms with E-state index in [9.17, 15) is 37.1 Å². The quantitative estimate of drug-likeness (QED) is 0.0361. The van der Waals surface area contributed by atoms with Gasteiger partial charge in [-0.05, 0) is 156 Å². The number of ketones is 1. The average Bonchev–Trinajstić information content (AvgIpc) is 3.84. The number of hydrogen-bond donors (Lipinski definition) is 4. The summed E-state index contributed by atoms with van der Waals surface area (Å²) in [7, 11) is 4.94. The molecule has 0 saturated carbocycles. The van der Waals surface area contributed by atoms with E-state index in [4.69, 9.17) is 15.9 Å². The number of nitrogens with one attached hydrogen (secondary N) is 1. The third-order valence-corrected chi connectivity index (χ3v) is 10.1. The minimum atomic E-state index is -4.95. The molecule has 17 heteroatoms. The lowest BCUT2D eigenvalue weighted by Gasteiger charge is -2.10. The third kappa shape index (κ3) is 18.0. The molecule has 4 aromatic rings. The Bertz CT molecular complexity index is 2290. The minimum absolute atomic E-state index is 0.0226. The van der Waals surface area contributed by atoms with Crippen LogP contribution in [-0.2, 0) is 31.8 Å². The van der Waals surface area contributed by atoms with E-state index < -0.39 is 24.7 Å². The fourth-order valence-corrected chi connectivity index (χ4v) is 6.52. The van der Waals surface area contributed by atoms with Gasteiger partial charge in [0.05, 0.1) is 43.7 Å². The molecule has 0 unspecified atom stereocenters. The summed E-state index contributed by atoms with van der Waals surface area (Å²) in [5.74, 6) is -1.25. The van der Waals surface area contributed by atoms with E-state index in [1.54, 1.807) is 59.1 Å². The van der Waals surface area contributed by atoms with Gasteiger partial charge < -0.3 is 35.5 Å². The van der Waals surface area contributed by atoms with E-state index in [1.807, 2.05) is 30.3 Å². The summed E-state index contributed by atoms with van der Waals surface area (Å²) in [5.41, 5.74) is 15.6. The summed E-state index contributed by atoms with van der Waals surface area (Å²) >= 11 is 3.77. The highest BCUT2D eigenvalue weighted by molar-refractivity contribution is 14.1. The largest absolute Gasteiger partial charge is 0.471 e. The zero-order valence-electron chi connectivity index (χ0n) is 35.4. The van der Waals surface area contributed by atoms with Crippen LogP contribution < -0.4 is 11.1 Å². The average molecular weight is 1100 g/mol. The molecular formula is C46H47F3I2N2O10. The fraction of sp³-hybridized carbons (Fsp3) is 0.239. The predicted octanol–water partition coefficient (Wildman–Crippen LogP) is 8.74. The molecule has 0 fully saturated rings. The highest BCUT2D eigenvalue weighted by Gasteiger charge is 2.39. The lowest BCUT2D eigenvalue weighted by molar-refractivity contribution is -0.167. The Kier molecular flexibility index (Phi) is 24.2. The van der Waals surface area contributed by atoms with Gasteiger partial charge in [0.25, 0.3) is 0 Å². The third-order valence-electron chi connectivity index (χ3n) is 8.24.